The van der Waals surface area contributed by atoms with E-state index in [9.17, 15) is 0 Å². The third-order valence-corrected chi connectivity index (χ3v) is 4.20. The van der Waals surface area contributed by atoms with Gasteiger partial charge in [-0.2, -0.15) is 0 Å². The van der Waals surface area contributed by atoms with Gasteiger partial charge in [0.1, 0.15) is 5.84 Å². The summed E-state index contributed by atoms with van der Waals surface area (Å²) < 4.78 is 0. The van der Waals surface area contributed by atoms with E-state index in [1.165, 1.54) is 5.70 Å². The van der Waals surface area contributed by atoms with Crippen LogP contribution >= 0.6 is 11.6 Å². The molecule has 0 fully saturated rings. The molecule has 1 heterocycles. The van der Waals surface area contributed by atoms with Gasteiger partial charge < -0.3 is 4.90 Å². The fourth-order valence-electron chi connectivity index (χ4n) is 2.82. The molecule has 21 heavy (non-hydrogen) atoms. The van der Waals surface area contributed by atoms with Gasteiger partial charge in [-0.1, -0.05) is 43.3 Å². The van der Waals surface area contributed by atoms with Crippen LogP contribution in [-0.4, -0.2) is 10.7 Å². The maximum Gasteiger partial charge on any atom is 0.113 e. The molecule has 0 radical (unpaired) electrons. The second-order valence-electron chi connectivity index (χ2n) is 5.31. The molecule has 0 atom stereocenters. The topological polar surface area (TPSA) is 15.6 Å². The van der Waals surface area contributed by atoms with E-state index in [1.54, 1.807) is 0 Å². The van der Waals surface area contributed by atoms with Crippen molar-refractivity contribution in [3.05, 3.63) is 65.0 Å². The van der Waals surface area contributed by atoms with Crippen molar-refractivity contribution in [2.45, 2.75) is 32.6 Å². The molecule has 0 saturated heterocycles. The van der Waals surface area contributed by atoms with Gasteiger partial charge in [0, 0.05) is 34.8 Å². The summed E-state index contributed by atoms with van der Waals surface area (Å²) in [5.74, 6) is 1.03. The van der Waals surface area contributed by atoms with Crippen LogP contribution in [0, 0.1) is 0 Å². The lowest BCUT2D eigenvalue weighted by atomic mass is 10.1. The Balaban J connectivity index is 2.09. The predicted molar refractivity (Wildman–Crippen MR) is 90.0 cm³/mol. The summed E-state index contributed by atoms with van der Waals surface area (Å²) in [5, 5.41) is 0.767. The van der Waals surface area contributed by atoms with Crippen molar-refractivity contribution in [1.82, 2.24) is 4.90 Å². The van der Waals surface area contributed by atoms with Crippen molar-refractivity contribution in [3.8, 4) is 0 Å². The van der Waals surface area contributed by atoms with E-state index in [4.69, 9.17) is 16.6 Å². The van der Waals surface area contributed by atoms with Crippen LogP contribution in [-0.2, 0) is 6.42 Å². The maximum atomic E-state index is 6.35. The van der Waals surface area contributed by atoms with Gasteiger partial charge in [0.2, 0.25) is 0 Å². The van der Waals surface area contributed by atoms with E-state index in [0.29, 0.717) is 0 Å². The number of allylic oxidation sites excluding steroid dienone is 4. The van der Waals surface area contributed by atoms with E-state index >= 15 is 0 Å². The molecule has 1 aromatic rings. The summed E-state index contributed by atoms with van der Waals surface area (Å²) >= 11 is 6.35. The Morgan fingerprint density at radius 3 is 2.90 bits per heavy atom. The number of benzene rings is 1. The minimum atomic E-state index is 0.729. The Labute approximate surface area is 131 Å². The maximum absolute atomic E-state index is 6.35. The van der Waals surface area contributed by atoms with Crippen LogP contribution in [0.5, 0.6) is 0 Å². The second-order valence-corrected chi connectivity index (χ2v) is 5.71. The lowest BCUT2D eigenvalue weighted by molar-refractivity contribution is 0.615. The summed E-state index contributed by atoms with van der Waals surface area (Å²) in [4.78, 5) is 7.03. The smallest absolute Gasteiger partial charge is 0.113 e. The van der Waals surface area contributed by atoms with Gasteiger partial charge in [-0.15, -0.1) is 0 Å². The zero-order valence-electron chi connectivity index (χ0n) is 12.3. The highest BCUT2D eigenvalue weighted by Crippen LogP contribution is 2.35. The Kier molecular flexibility index (Phi) is 3.98. The fourth-order valence-corrected chi connectivity index (χ4v) is 3.05. The quantitative estimate of drug-likeness (QED) is 0.715. The lowest BCUT2D eigenvalue weighted by Crippen LogP contribution is -2.28. The number of nitrogens with zero attached hydrogens (tertiary/aromatic N) is 2. The zero-order chi connectivity index (χ0) is 14.8. The number of hydrogen-bond acceptors (Lipinski definition) is 2. The minimum absolute atomic E-state index is 0.729. The first-order chi connectivity index (χ1) is 10.2. The van der Waals surface area contributed by atoms with Gasteiger partial charge >= 0.3 is 0 Å². The average molecular weight is 299 g/mol. The molecule has 0 unspecified atom stereocenters. The molecule has 0 N–H and O–H groups in total. The van der Waals surface area contributed by atoms with Crippen molar-refractivity contribution in [2.75, 3.05) is 0 Å². The summed E-state index contributed by atoms with van der Waals surface area (Å²) in [6, 6.07) is 5.90. The Morgan fingerprint density at radius 2 is 2.19 bits per heavy atom. The molecule has 3 heteroatoms. The molecule has 2 aliphatic rings. The molecule has 1 aliphatic carbocycles. The molecule has 0 amide bonds. The van der Waals surface area contributed by atoms with Gasteiger partial charge in [-0.25, -0.2) is 4.99 Å². The molecule has 0 saturated carbocycles. The number of fused-ring (bicyclic) bond motifs is 1. The van der Waals surface area contributed by atoms with Gasteiger partial charge in [-0.3, -0.25) is 0 Å². The average Bonchev–Trinajstić information content (AvgIpc) is 2.65. The van der Waals surface area contributed by atoms with Crippen LogP contribution in [0.2, 0.25) is 5.02 Å². The van der Waals surface area contributed by atoms with Crippen molar-refractivity contribution in [2.24, 2.45) is 4.99 Å². The second kappa shape index (κ2) is 5.90. The predicted octanol–water partition coefficient (Wildman–Crippen LogP) is 5.39. The van der Waals surface area contributed by atoms with Crippen molar-refractivity contribution >= 4 is 23.1 Å². The van der Waals surface area contributed by atoms with Crippen LogP contribution in [0.15, 0.2) is 59.4 Å². The highest BCUT2D eigenvalue weighted by Gasteiger charge is 2.23. The van der Waals surface area contributed by atoms with Crippen LogP contribution in [0.3, 0.4) is 0 Å². The van der Waals surface area contributed by atoms with Gasteiger partial charge in [0.25, 0.3) is 0 Å². The van der Waals surface area contributed by atoms with Gasteiger partial charge in [-0.05, 0) is 31.1 Å². The number of rotatable bonds is 2. The SMILES string of the molecule is C=C1Cc2c(Cl)cccc2N=C(CC)N1C1=CCCC=C1. The first kappa shape index (κ1) is 14.2. The Hall–Kier alpha value is -1.80. The van der Waals surface area contributed by atoms with Crippen LogP contribution < -0.4 is 0 Å². The monoisotopic (exact) mass is 298 g/mol. The van der Waals surface area contributed by atoms with E-state index in [0.717, 1.165) is 53.5 Å². The van der Waals surface area contributed by atoms with Gasteiger partial charge in [0.15, 0.2) is 0 Å². The van der Waals surface area contributed by atoms with Crippen LogP contribution in [0.4, 0.5) is 5.69 Å². The van der Waals surface area contributed by atoms with Crippen LogP contribution in [0.1, 0.15) is 31.7 Å². The molecule has 108 valence electrons. The summed E-state index contributed by atoms with van der Waals surface area (Å²) in [6.45, 7) is 6.41. The molecule has 1 aromatic carbocycles. The minimum Gasteiger partial charge on any atom is -0.303 e. The Morgan fingerprint density at radius 1 is 1.33 bits per heavy atom. The molecule has 0 bridgehead atoms. The molecular weight excluding hydrogens is 280 g/mol. The lowest BCUT2D eigenvalue weighted by Gasteiger charge is -2.28. The first-order valence-corrected chi connectivity index (χ1v) is 7.78. The molecule has 3 rings (SSSR count). The van der Waals surface area contributed by atoms with Crippen molar-refractivity contribution in [3.63, 3.8) is 0 Å². The summed E-state index contributed by atoms with van der Waals surface area (Å²) in [5.41, 5.74) is 4.23. The van der Waals surface area contributed by atoms with Crippen LogP contribution in [0.25, 0.3) is 0 Å². The zero-order valence-corrected chi connectivity index (χ0v) is 13.0. The van der Waals surface area contributed by atoms with Gasteiger partial charge in [0.05, 0.1) is 5.69 Å². The number of amidine groups is 1. The Bertz CT molecular complexity index is 668. The van der Waals surface area contributed by atoms with E-state index < -0.39 is 0 Å². The standard InChI is InChI=1S/C18H19ClN2/c1-3-18-20-17-11-7-10-16(19)15(17)12-13(2)21(18)14-8-5-4-6-9-14/h5,7-11H,2-4,6,12H2,1H3. The fraction of sp³-hybridized carbons (Fsp3) is 0.278. The van der Waals surface area contributed by atoms with E-state index in [-0.39, 0.29) is 0 Å². The third-order valence-electron chi connectivity index (χ3n) is 3.85. The highest BCUT2D eigenvalue weighted by atomic mass is 35.5. The van der Waals surface area contributed by atoms with Crippen molar-refractivity contribution in [1.29, 1.82) is 0 Å². The van der Waals surface area contributed by atoms with Crippen molar-refractivity contribution < 1.29 is 0 Å². The number of halogens is 1. The molecular formula is C18H19ClN2. The molecule has 0 spiro atoms. The number of aliphatic imine (C=N–C) groups is 1. The normalized spacial score (nSPS) is 18.0. The summed E-state index contributed by atoms with van der Waals surface area (Å²) in [7, 11) is 0. The molecule has 0 aromatic heterocycles. The highest BCUT2D eigenvalue weighted by molar-refractivity contribution is 6.31. The first-order valence-electron chi connectivity index (χ1n) is 7.40. The third kappa shape index (κ3) is 2.68. The number of hydrogen-bond donors (Lipinski definition) is 0. The molecule has 1 aliphatic heterocycles. The molecule has 2 nitrogen and oxygen atoms in total. The van der Waals surface area contributed by atoms with E-state index in [2.05, 4.69) is 36.6 Å². The van der Waals surface area contributed by atoms with E-state index in [1.807, 2.05) is 18.2 Å². The largest absolute Gasteiger partial charge is 0.303 e. The summed E-state index contributed by atoms with van der Waals surface area (Å²) in [6.07, 6.45) is 10.4.